The lowest BCUT2D eigenvalue weighted by molar-refractivity contribution is -0.122. The summed E-state index contributed by atoms with van der Waals surface area (Å²) in [5.74, 6) is 0.541. The van der Waals surface area contributed by atoms with Crippen molar-refractivity contribution in [1.82, 2.24) is 5.32 Å². The molecule has 0 aliphatic heterocycles. The second-order valence-corrected chi connectivity index (χ2v) is 5.93. The van der Waals surface area contributed by atoms with Crippen LogP contribution in [-0.4, -0.2) is 24.8 Å². The molecule has 116 valence electrons. The summed E-state index contributed by atoms with van der Waals surface area (Å²) in [6, 6.07) is 14.0. The zero-order valence-corrected chi connectivity index (χ0v) is 13.2. The molecule has 0 radical (unpaired) electrons. The van der Waals surface area contributed by atoms with E-state index in [4.69, 9.17) is 4.74 Å². The van der Waals surface area contributed by atoms with Gasteiger partial charge in [-0.25, -0.2) is 4.39 Å². The molecule has 0 aromatic heterocycles. The number of aryl methyl sites for hydroxylation is 1. The molecule has 0 saturated carbocycles. The maximum Gasteiger partial charge on any atom is 0.257 e. The molecule has 0 bridgehead atoms. The van der Waals surface area contributed by atoms with Crippen LogP contribution in [0.25, 0.3) is 0 Å². The van der Waals surface area contributed by atoms with Gasteiger partial charge in [-0.15, -0.1) is 11.8 Å². The summed E-state index contributed by atoms with van der Waals surface area (Å²) < 4.78 is 18.2. The van der Waals surface area contributed by atoms with Crippen LogP contribution >= 0.6 is 11.8 Å². The van der Waals surface area contributed by atoms with Crippen LogP contribution in [0.3, 0.4) is 0 Å². The molecule has 0 aliphatic rings. The fourth-order valence-electron chi connectivity index (χ4n) is 1.75. The van der Waals surface area contributed by atoms with E-state index < -0.39 is 0 Å². The van der Waals surface area contributed by atoms with Gasteiger partial charge in [0.05, 0.1) is 0 Å². The monoisotopic (exact) mass is 319 g/mol. The zero-order chi connectivity index (χ0) is 15.8. The van der Waals surface area contributed by atoms with Crippen molar-refractivity contribution in [2.45, 2.75) is 11.8 Å². The van der Waals surface area contributed by atoms with E-state index in [0.717, 1.165) is 5.75 Å². The van der Waals surface area contributed by atoms with Crippen molar-refractivity contribution < 1.29 is 13.9 Å². The molecule has 3 nitrogen and oxygen atoms in total. The van der Waals surface area contributed by atoms with E-state index >= 15 is 0 Å². The van der Waals surface area contributed by atoms with Gasteiger partial charge in [0.2, 0.25) is 0 Å². The minimum Gasteiger partial charge on any atom is -0.484 e. The van der Waals surface area contributed by atoms with Gasteiger partial charge in [0, 0.05) is 23.3 Å². The third kappa shape index (κ3) is 5.77. The van der Waals surface area contributed by atoms with Gasteiger partial charge in [0.25, 0.3) is 5.91 Å². The second-order valence-electron chi connectivity index (χ2n) is 4.76. The number of hydrogen-bond donors (Lipinski definition) is 1. The molecule has 22 heavy (non-hydrogen) atoms. The summed E-state index contributed by atoms with van der Waals surface area (Å²) in [6.07, 6.45) is 0. The van der Waals surface area contributed by atoms with E-state index in [0.29, 0.717) is 12.3 Å². The Kier molecular flexibility index (Phi) is 6.27. The van der Waals surface area contributed by atoms with Gasteiger partial charge in [-0.2, -0.15) is 0 Å². The molecule has 1 amide bonds. The number of ether oxygens (including phenoxy) is 1. The van der Waals surface area contributed by atoms with E-state index in [1.165, 1.54) is 22.6 Å². The third-order valence-electron chi connectivity index (χ3n) is 2.88. The number of thioether (sulfide) groups is 1. The van der Waals surface area contributed by atoms with E-state index in [1.807, 2.05) is 6.92 Å². The SMILES string of the molecule is Cc1ccc(SCCNC(=O)COc2cccc(F)c2)cc1. The lowest BCUT2D eigenvalue weighted by Gasteiger charge is -2.07. The maximum absolute atomic E-state index is 12.9. The molecule has 0 aliphatic carbocycles. The van der Waals surface area contributed by atoms with E-state index in [2.05, 4.69) is 29.6 Å². The molecule has 0 atom stereocenters. The Balaban J connectivity index is 1.62. The Morgan fingerprint density at radius 2 is 2.00 bits per heavy atom. The van der Waals surface area contributed by atoms with Crippen LogP contribution < -0.4 is 10.1 Å². The quantitative estimate of drug-likeness (QED) is 0.628. The molecule has 5 heteroatoms. The molecular formula is C17H18FNO2S. The summed E-state index contributed by atoms with van der Waals surface area (Å²) in [5.41, 5.74) is 1.23. The number of nitrogens with one attached hydrogen (secondary N) is 1. The molecule has 0 heterocycles. The molecule has 2 aromatic carbocycles. The van der Waals surface area contributed by atoms with E-state index in [9.17, 15) is 9.18 Å². The number of carbonyl (C=O) groups excluding carboxylic acids is 1. The molecule has 1 N–H and O–H groups in total. The Bertz CT molecular complexity index is 616. The summed E-state index contributed by atoms with van der Waals surface area (Å²) in [4.78, 5) is 12.8. The van der Waals surface area contributed by atoms with Crippen molar-refractivity contribution in [3.05, 3.63) is 59.9 Å². The Labute approximate surface area is 133 Å². The highest BCUT2D eigenvalue weighted by Crippen LogP contribution is 2.17. The van der Waals surface area contributed by atoms with Crippen molar-refractivity contribution in [3.8, 4) is 5.75 Å². The van der Waals surface area contributed by atoms with Gasteiger partial charge in [-0.1, -0.05) is 23.8 Å². The van der Waals surface area contributed by atoms with Crippen LogP contribution in [0.1, 0.15) is 5.56 Å². The predicted octanol–water partition coefficient (Wildman–Crippen LogP) is 3.42. The van der Waals surface area contributed by atoms with Crippen LogP contribution in [-0.2, 0) is 4.79 Å². The highest BCUT2D eigenvalue weighted by molar-refractivity contribution is 7.99. The normalized spacial score (nSPS) is 10.3. The van der Waals surface area contributed by atoms with Crippen LogP contribution in [0.5, 0.6) is 5.75 Å². The van der Waals surface area contributed by atoms with Crippen molar-refractivity contribution >= 4 is 17.7 Å². The Hall–Kier alpha value is -2.01. The van der Waals surface area contributed by atoms with Gasteiger partial charge in [0.1, 0.15) is 11.6 Å². The first kappa shape index (κ1) is 16.4. The average molecular weight is 319 g/mol. The smallest absolute Gasteiger partial charge is 0.257 e. The maximum atomic E-state index is 12.9. The number of amides is 1. The standard InChI is InChI=1S/C17H18FNO2S/c1-13-5-7-16(8-6-13)22-10-9-19-17(20)12-21-15-4-2-3-14(18)11-15/h2-8,11H,9-10,12H2,1H3,(H,19,20). The van der Waals surface area contributed by atoms with Crippen LogP contribution in [0, 0.1) is 12.7 Å². The number of benzene rings is 2. The highest BCUT2D eigenvalue weighted by Gasteiger charge is 2.03. The highest BCUT2D eigenvalue weighted by atomic mass is 32.2. The summed E-state index contributed by atoms with van der Waals surface area (Å²) in [6.45, 7) is 2.50. The van der Waals surface area contributed by atoms with Crippen LogP contribution in [0.15, 0.2) is 53.4 Å². The van der Waals surface area contributed by atoms with Gasteiger partial charge >= 0.3 is 0 Å². The fraction of sp³-hybridized carbons (Fsp3) is 0.235. The van der Waals surface area contributed by atoms with Crippen molar-refractivity contribution in [1.29, 1.82) is 0 Å². The third-order valence-corrected chi connectivity index (χ3v) is 3.89. The fourth-order valence-corrected chi connectivity index (χ4v) is 2.52. The first-order chi connectivity index (χ1) is 10.6. The van der Waals surface area contributed by atoms with Crippen molar-refractivity contribution in [3.63, 3.8) is 0 Å². The number of halogens is 1. The summed E-state index contributed by atoms with van der Waals surface area (Å²) in [5, 5.41) is 2.77. The Morgan fingerprint density at radius 1 is 1.23 bits per heavy atom. The zero-order valence-electron chi connectivity index (χ0n) is 12.3. The molecule has 0 unspecified atom stereocenters. The first-order valence-corrected chi connectivity index (χ1v) is 7.96. The van der Waals surface area contributed by atoms with Crippen molar-refractivity contribution in [2.75, 3.05) is 18.9 Å². The van der Waals surface area contributed by atoms with E-state index in [-0.39, 0.29) is 18.3 Å². The second kappa shape index (κ2) is 8.44. The van der Waals surface area contributed by atoms with Crippen LogP contribution in [0.2, 0.25) is 0 Å². The summed E-state index contributed by atoms with van der Waals surface area (Å²) >= 11 is 1.68. The number of carbonyl (C=O) groups is 1. The largest absolute Gasteiger partial charge is 0.484 e. The van der Waals surface area contributed by atoms with Gasteiger partial charge < -0.3 is 10.1 Å². The van der Waals surface area contributed by atoms with Gasteiger partial charge in [-0.05, 0) is 31.2 Å². The molecule has 0 fully saturated rings. The lowest BCUT2D eigenvalue weighted by Crippen LogP contribution is -2.30. The first-order valence-electron chi connectivity index (χ1n) is 6.98. The van der Waals surface area contributed by atoms with Gasteiger partial charge in [0.15, 0.2) is 6.61 Å². The lowest BCUT2D eigenvalue weighted by atomic mass is 10.2. The number of rotatable bonds is 7. The molecule has 0 saturated heterocycles. The topological polar surface area (TPSA) is 38.3 Å². The molecular weight excluding hydrogens is 301 g/mol. The van der Waals surface area contributed by atoms with Crippen molar-refractivity contribution in [2.24, 2.45) is 0 Å². The molecule has 2 rings (SSSR count). The predicted molar refractivity (Wildman–Crippen MR) is 86.8 cm³/mol. The average Bonchev–Trinajstić information content (AvgIpc) is 2.51. The molecule has 2 aromatic rings. The Morgan fingerprint density at radius 3 is 2.73 bits per heavy atom. The molecule has 0 spiro atoms. The van der Waals surface area contributed by atoms with E-state index in [1.54, 1.807) is 23.9 Å². The van der Waals surface area contributed by atoms with Crippen LogP contribution in [0.4, 0.5) is 4.39 Å². The minimum absolute atomic E-state index is 0.112. The van der Waals surface area contributed by atoms with Gasteiger partial charge in [-0.3, -0.25) is 4.79 Å². The number of hydrogen-bond acceptors (Lipinski definition) is 3. The summed E-state index contributed by atoms with van der Waals surface area (Å²) in [7, 11) is 0. The minimum atomic E-state index is -0.382.